The van der Waals surface area contributed by atoms with E-state index in [0.29, 0.717) is 22.7 Å². The Morgan fingerprint density at radius 2 is 1.86 bits per heavy atom. The van der Waals surface area contributed by atoms with Crippen LogP contribution in [0.4, 0.5) is 5.69 Å². The molecule has 2 aliphatic rings. The second kappa shape index (κ2) is 7.41. The Hall–Kier alpha value is -3.04. The first-order valence-corrected chi connectivity index (χ1v) is 9.80. The van der Waals surface area contributed by atoms with Crippen molar-refractivity contribution in [1.82, 2.24) is 5.32 Å². The summed E-state index contributed by atoms with van der Waals surface area (Å²) in [6.07, 6.45) is 0. The van der Waals surface area contributed by atoms with Gasteiger partial charge in [0, 0.05) is 5.56 Å². The largest absolute Gasteiger partial charge is 0.493 e. The molecule has 0 bridgehead atoms. The van der Waals surface area contributed by atoms with Crippen LogP contribution in [0.25, 0.3) is 0 Å². The van der Waals surface area contributed by atoms with Crippen molar-refractivity contribution in [2.45, 2.75) is 10.9 Å². The van der Waals surface area contributed by atoms with Crippen molar-refractivity contribution in [2.24, 2.45) is 0 Å². The summed E-state index contributed by atoms with van der Waals surface area (Å²) in [7, 11) is 1.55. The van der Waals surface area contributed by atoms with E-state index in [9.17, 15) is 14.7 Å². The summed E-state index contributed by atoms with van der Waals surface area (Å²) in [5.41, 5.74) is -1.17. The molecule has 2 heterocycles. The van der Waals surface area contributed by atoms with Crippen molar-refractivity contribution in [1.29, 1.82) is 5.41 Å². The molecule has 1 saturated heterocycles. The molecule has 2 aromatic carbocycles. The van der Waals surface area contributed by atoms with Crippen LogP contribution >= 0.6 is 11.8 Å². The summed E-state index contributed by atoms with van der Waals surface area (Å²) >= 11 is 0.842. The Morgan fingerprint density at radius 3 is 2.55 bits per heavy atom. The van der Waals surface area contributed by atoms with Gasteiger partial charge in [-0.1, -0.05) is 42.1 Å². The topological polar surface area (TPSA) is 112 Å². The number of amides is 2. The van der Waals surface area contributed by atoms with Gasteiger partial charge in [-0.25, -0.2) is 0 Å². The minimum atomic E-state index is -2.04. The Kier molecular flexibility index (Phi) is 4.93. The second-order valence-corrected chi connectivity index (χ2v) is 7.67. The zero-order valence-corrected chi connectivity index (χ0v) is 16.4. The maximum atomic E-state index is 13.2. The van der Waals surface area contributed by atoms with Crippen LogP contribution in [0.1, 0.15) is 5.56 Å². The van der Waals surface area contributed by atoms with Gasteiger partial charge in [-0.2, -0.15) is 0 Å². The summed E-state index contributed by atoms with van der Waals surface area (Å²) in [5, 5.41) is 20.1. The molecule has 0 spiro atoms. The van der Waals surface area contributed by atoms with Crippen molar-refractivity contribution in [3.05, 3.63) is 54.1 Å². The molecule has 0 radical (unpaired) electrons. The molecule has 1 fully saturated rings. The first-order valence-electron chi connectivity index (χ1n) is 8.92. The molecule has 2 aliphatic heterocycles. The molecule has 2 unspecified atom stereocenters. The van der Waals surface area contributed by atoms with Crippen LogP contribution in [-0.4, -0.2) is 47.6 Å². The summed E-state index contributed by atoms with van der Waals surface area (Å²) in [6.45, 7) is 0.336. The van der Waals surface area contributed by atoms with E-state index in [-0.39, 0.29) is 18.3 Å². The van der Waals surface area contributed by atoms with Crippen LogP contribution in [0.5, 0.6) is 11.5 Å². The molecule has 2 amide bonds. The summed E-state index contributed by atoms with van der Waals surface area (Å²) in [6, 6.07) is 14.0. The minimum Gasteiger partial charge on any atom is -0.493 e. The quantitative estimate of drug-likeness (QED) is 0.661. The highest BCUT2D eigenvalue weighted by molar-refractivity contribution is 8.15. The molecule has 150 valence electrons. The molecular formula is C20H19N3O5S. The van der Waals surface area contributed by atoms with Crippen molar-refractivity contribution < 1.29 is 24.2 Å². The average molecular weight is 413 g/mol. The van der Waals surface area contributed by atoms with Crippen molar-refractivity contribution in [2.75, 3.05) is 25.2 Å². The van der Waals surface area contributed by atoms with E-state index in [1.165, 1.54) is 4.90 Å². The molecule has 8 nitrogen and oxygen atoms in total. The van der Waals surface area contributed by atoms with E-state index in [2.05, 4.69) is 5.32 Å². The molecule has 2 aromatic rings. The highest BCUT2D eigenvalue weighted by Gasteiger charge is 2.59. The number of hydrogen-bond acceptors (Lipinski definition) is 7. The van der Waals surface area contributed by atoms with Gasteiger partial charge in [0.1, 0.15) is 11.9 Å². The standard InChI is InChI=1S/C20H19N3O5S/c1-27-14-8-4-5-9-15(14)28-11-10-23-13-7-3-2-6-12(13)20(26,18(23)25)16-17(24)22-19(21)29-16/h2-9,16,26H,10-11H2,1H3,(H2,21,22,24). The summed E-state index contributed by atoms with van der Waals surface area (Å²) < 4.78 is 11.0. The predicted molar refractivity (Wildman–Crippen MR) is 108 cm³/mol. The molecular weight excluding hydrogens is 394 g/mol. The first kappa shape index (κ1) is 19.3. The average Bonchev–Trinajstić information content (AvgIpc) is 3.18. The number of aliphatic hydroxyl groups is 1. The van der Waals surface area contributed by atoms with Crippen molar-refractivity contribution >= 4 is 34.4 Å². The SMILES string of the molecule is COc1ccccc1OCCN1C(=O)C(O)(C2SC(=N)NC2=O)c2ccccc21. The number of nitrogens with one attached hydrogen (secondary N) is 2. The van der Waals surface area contributed by atoms with E-state index < -0.39 is 22.7 Å². The van der Waals surface area contributed by atoms with Gasteiger partial charge < -0.3 is 24.8 Å². The van der Waals surface area contributed by atoms with Crippen molar-refractivity contribution in [3.63, 3.8) is 0 Å². The molecule has 29 heavy (non-hydrogen) atoms. The number of anilines is 1. The molecule has 2 atom stereocenters. The zero-order chi connectivity index (χ0) is 20.6. The predicted octanol–water partition coefficient (Wildman–Crippen LogP) is 1.47. The maximum Gasteiger partial charge on any atom is 0.265 e. The van der Waals surface area contributed by atoms with Gasteiger partial charge in [-0.05, 0) is 18.2 Å². The highest BCUT2D eigenvalue weighted by Crippen LogP contribution is 2.47. The first-order chi connectivity index (χ1) is 14.0. The van der Waals surface area contributed by atoms with Gasteiger partial charge in [0.2, 0.25) is 5.91 Å². The minimum absolute atomic E-state index is 0.0864. The van der Waals surface area contributed by atoms with E-state index >= 15 is 0 Å². The number of hydrogen-bond donors (Lipinski definition) is 3. The summed E-state index contributed by atoms with van der Waals surface area (Å²) in [5.74, 6) is -0.0403. The zero-order valence-electron chi connectivity index (χ0n) is 15.5. The Balaban J connectivity index is 1.58. The molecule has 3 N–H and O–H groups in total. The number of benzene rings is 2. The van der Waals surface area contributed by atoms with Gasteiger partial charge in [0.05, 0.1) is 19.3 Å². The number of fused-ring (bicyclic) bond motifs is 1. The highest BCUT2D eigenvalue weighted by atomic mass is 32.2. The number of rotatable bonds is 6. The van der Waals surface area contributed by atoms with E-state index in [1.807, 2.05) is 12.1 Å². The third-order valence-electron chi connectivity index (χ3n) is 4.91. The third kappa shape index (κ3) is 3.12. The third-order valence-corrected chi connectivity index (χ3v) is 6.04. The van der Waals surface area contributed by atoms with Crippen LogP contribution < -0.4 is 19.7 Å². The van der Waals surface area contributed by atoms with Crippen LogP contribution in [0, 0.1) is 5.41 Å². The lowest BCUT2D eigenvalue weighted by atomic mass is 9.91. The smallest absolute Gasteiger partial charge is 0.265 e. The molecule has 4 rings (SSSR count). The van der Waals surface area contributed by atoms with Crippen molar-refractivity contribution in [3.8, 4) is 11.5 Å². The monoisotopic (exact) mass is 413 g/mol. The number of methoxy groups -OCH3 is 1. The van der Waals surface area contributed by atoms with Gasteiger partial charge in [0.15, 0.2) is 22.3 Å². The number of carbonyl (C=O) groups excluding carboxylic acids is 2. The number of carbonyl (C=O) groups is 2. The van der Waals surface area contributed by atoms with Crippen LogP contribution in [-0.2, 0) is 15.2 Å². The summed E-state index contributed by atoms with van der Waals surface area (Å²) in [4.78, 5) is 26.9. The number of para-hydroxylation sites is 3. The molecule has 0 aliphatic carbocycles. The van der Waals surface area contributed by atoms with E-state index in [4.69, 9.17) is 14.9 Å². The van der Waals surface area contributed by atoms with E-state index in [0.717, 1.165) is 11.8 Å². The lowest BCUT2D eigenvalue weighted by Gasteiger charge is -2.26. The van der Waals surface area contributed by atoms with Gasteiger partial charge >= 0.3 is 0 Å². The van der Waals surface area contributed by atoms with Crippen LogP contribution in [0.15, 0.2) is 48.5 Å². The Bertz CT molecular complexity index is 998. The van der Waals surface area contributed by atoms with Gasteiger partial charge in [0.25, 0.3) is 5.91 Å². The lowest BCUT2D eigenvalue weighted by Crippen LogP contribution is -2.51. The lowest BCUT2D eigenvalue weighted by molar-refractivity contribution is -0.140. The van der Waals surface area contributed by atoms with E-state index in [1.54, 1.807) is 43.5 Å². The van der Waals surface area contributed by atoms with Gasteiger partial charge in [-0.15, -0.1) is 0 Å². The second-order valence-electron chi connectivity index (χ2n) is 6.56. The fraction of sp³-hybridized carbons (Fsp3) is 0.250. The maximum absolute atomic E-state index is 13.2. The fourth-order valence-electron chi connectivity index (χ4n) is 3.58. The number of thioether (sulfide) groups is 1. The molecule has 9 heteroatoms. The number of ether oxygens (including phenoxy) is 2. The Morgan fingerprint density at radius 1 is 1.17 bits per heavy atom. The molecule has 0 aromatic heterocycles. The van der Waals surface area contributed by atoms with Crippen LogP contribution in [0.3, 0.4) is 0 Å². The Labute approximate surface area is 171 Å². The normalized spacial score (nSPS) is 23.2. The molecule has 0 saturated carbocycles. The van der Waals surface area contributed by atoms with Crippen LogP contribution in [0.2, 0.25) is 0 Å². The van der Waals surface area contributed by atoms with Gasteiger partial charge in [-0.3, -0.25) is 15.0 Å². The number of nitrogens with zero attached hydrogens (tertiary/aromatic N) is 1. The number of amidine groups is 1. The fourth-order valence-corrected chi connectivity index (χ4v) is 4.53.